The Morgan fingerprint density at radius 3 is 3.08 bits per heavy atom. The molecule has 0 saturated carbocycles. The first kappa shape index (κ1) is 17.5. The zero-order chi connectivity index (χ0) is 17.7. The van der Waals surface area contributed by atoms with Gasteiger partial charge >= 0.3 is 0 Å². The van der Waals surface area contributed by atoms with Crippen LogP contribution in [0.3, 0.4) is 0 Å². The summed E-state index contributed by atoms with van der Waals surface area (Å²) in [7, 11) is 0. The molecule has 6 heteroatoms. The summed E-state index contributed by atoms with van der Waals surface area (Å²) in [5.41, 5.74) is 0.148. The third kappa shape index (κ3) is 4.82. The monoisotopic (exact) mass is 343 g/mol. The number of imidazole rings is 1. The topological polar surface area (TPSA) is 67.6 Å². The Balaban J connectivity index is 1.44. The fourth-order valence-corrected chi connectivity index (χ4v) is 3.10. The predicted molar refractivity (Wildman–Crippen MR) is 94.3 cm³/mol. The second-order valence-corrected chi connectivity index (χ2v) is 6.80. The molecule has 0 spiro atoms. The van der Waals surface area contributed by atoms with Gasteiger partial charge in [0, 0.05) is 31.9 Å². The van der Waals surface area contributed by atoms with E-state index >= 15 is 0 Å². The molecule has 1 saturated heterocycles. The van der Waals surface area contributed by atoms with Crippen molar-refractivity contribution < 1.29 is 14.6 Å². The number of ether oxygens (including phenoxy) is 1. The first-order valence-electron chi connectivity index (χ1n) is 8.69. The molecule has 0 bridgehead atoms. The summed E-state index contributed by atoms with van der Waals surface area (Å²) in [5, 5.41) is 10.7. The largest absolute Gasteiger partial charge is 0.491 e. The summed E-state index contributed by atoms with van der Waals surface area (Å²) in [6, 6.07) is 7.75. The lowest BCUT2D eigenvalue weighted by Gasteiger charge is -2.23. The van der Waals surface area contributed by atoms with Crippen molar-refractivity contribution >= 4 is 5.91 Å². The van der Waals surface area contributed by atoms with Crippen molar-refractivity contribution in [1.82, 2.24) is 14.5 Å². The molecule has 1 N–H and O–H groups in total. The molecule has 25 heavy (non-hydrogen) atoms. The van der Waals surface area contributed by atoms with E-state index in [0.29, 0.717) is 25.9 Å². The summed E-state index contributed by atoms with van der Waals surface area (Å²) in [5.74, 6) is 0.838. The Morgan fingerprint density at radius 2 is 2.32 bits per heavy atom. The van der Waals surface area contributed by atoms with Gasteiger partial charge in [-0.15, -0.1) is 0 Å². The summed E-state index contributed by atoms with van der Waals surface area (Å²) in [4.78, 5) is 18.1. The minimum absolute atomic E-state index is 0.0894. The van der Waals surface area contributed by atoms with Crippen molar-refractivity contribution in [2.45, 2.75) is 38.3 Å². The number of likely N-dealkylation sites (tertiary alicyclic amines) is 1. The zero-order valence-electron chi connectivity index (χ0n) is 14.6. The molecular formula is C19H25N3O3. The Hall–Kier alpha value is -2.34. The molecule has 1 amide bonds. The molecule has 1 aliphatic rings. The molecule has 0 unspecified atom stereocenters. The van der Waals surface area contributed by atoms with Crippen LogP contribution in [0.1, 0.15) is 24.8 Å². The van der Waals surface area contributed by atoms with Crippen LogP contribution in [0.25, 0.3) is 0 Å². The predicted octanol–water partition coefficient (Wildman–Crippen LogP) is 2.01. The van der Waals surface area contributed by atoms with Crippen molar-refractivity contribution in [2.24, 2.45) is 0 Å². The van der Waals surface area contributed by atoms with Crippen molar-refractivity contribution in [3.8, 4) is 5.75 Å². The Labute approximate surface area is 148 Å². The lowest BCUT2D eigenvalue weighted by molar-refractivity contribution is -0.131. The van der Waals surface area contributed by atoms with Gasteiger partial charge in [-0.1, -0.05) is 12.1 Å². The number of carbonyl (C=O) groups excluding carboxylic acids is 1. The molecule has 0 aliphatic carbocycles. The van der Waals surface area contributed by atoms with Gasteiger partial charge in [0.05, 0.1) is 12.9 Å². The number of aromatic nitrogens is 2. The van der Waals surface area contributed by atoms with E-state index in [4.69, 9.17) is 4.74 Å². The highest BCUT2D eigenvalue weighted by atomic mass is 16.5. The maximum absolute atomic E-state index is 12.3. The number of benzene rings is 1. The number of aliphatic hydroxyl groups is 1. The SMILES string of the molecule is Cc1cccc(OC[C@]2(O)CCN(C(=O)CCCn3ccnc3)C2)c1. The quantitative estimate of drug-likeness (QED) is 0.835. The highest BCUT2D eigenvalue weighted by Gasteiger charge is 2.38. The van der Waals surface area contributed by atoms with Crippen LogP contribution < -0.4 is 4.74 Å². The molecule has 3 rings (SSSR count). The van der Waals surface area contributed by atoms with Gasteiger partial charge < -0.3 is 19.3 Å². The first-order chi connectivity index (χ1) is 12.0. The first-order valence-corrected chi connectivity index (χ1v) is 8.69. The fourth-order valence-electron chi connectivity index (χ4n) is 3.10. The number of amides is 1. The molecule has 1 aromatic carbocycles. The summed E-state index contributed by atoms with van der Waals surface area (Å²) in [6.45, 7) is 3.90. The molecule has 1 aromatic heterocycles. The molecular weight excluding hydrogens is 318 g/mol. The third-order valence-corrected chi connectivity index (χ3v) is 4.55. The van der Waals surface area contributed by atoms with Gasteiger partial charge in [-0.25, -0.2) is 4.98 Å². The van der Waals surface area contributed by atoms with E-state index in [1.165, 1.54) is 0 Å². The van der Waals surface area contributed by atoms with Crippen molar-refractivity contribution in [2.75, 3.05) is 19.7 Å². The minimum atomic E-state index is -0.968. The number of rotatable bonds is 7. The van der Waals surface area contributed by atoms with E-state index in [2.05, 4.69) is 4.98 Å². The van der Waals surface area contributed by atoms with Crippen molar-refractivity contribution in [3.63, 3.8) is 0 Å². The third-order valence-electron chi connectivity index (χ3n) is 4.55. The van der Waals surface area contributed by atoms with Gasteiger partial charge in [-0.05, 0) is 37.5 Å². The maximum atomic E-state index is 12.3. The average molecular weight is 343 g/mol. The Morgan fingerprint density at radius 1 is 1.44 bits per heavy atom. The molecule has 6 nitrogen and oxygen atoms in total. The summed E-state index contributed by atoms with van der Waals surface area (Å²) in [6.07, 6.45) is 7.17. The van der Waals surface area contributed by atoms with Crippen LogP contribution in [0, 0.1) is 6.92 Å². The van der Waals surface area contributed by atoms with E-state index in [-0.39, 0.29) is 12.5 Å². The van der Waals surface area contributed by atoms with Crippen molar-refractivity contribution in [1.29, 1.82) is 0 Å². The van der Waals surface area contributed by atoms with Crippen LogP contribution in [0.5, 0.6) is 5.75 Å². The number of hydrogen-bond acceptors (Lipinski definition) is 4. The highest BCUT2D eigenvalue weighted by Crippen LogP contribution is 2.24. The molecule has 1 atom stereocenters. The van der Waals surface area contributed by atoms with Gasteiger partial charge in [0.1, 0.15) is 18.0 Å². The zero-order valence-corrected chi connectivity index (χ0v) is 14.6. The van der Waals surface area contributed by atoms with Gasteiger partial charge in [-0.3, -0.25) is 4.79 Å². The van der Waals surface area contributed by atoms with E-state index in [0.717, 1.165) is 24.3 Å². The van der Waals surface area contributed by atoms with Crippen LogP contribution in [0.15, 0.2) is 43.0 Å². The smallest absolute Gasteiger partial charge is 0.222 e. The van der Waals surface area contributed by atoms with Crippen LogP contribution in [0.4, 0.5) is 0 Å². The van der Waals surface area contributed by atoms with Crippen LogP contribution in [-0.4, -0.2) is 50.8 Å². The standard InChI is InChI=1S/C19H25N3O3/c1-16-4-2-5-17(12-16)25-14-19(24)7-10-22(13-19)18(23)6-3-9-21-11-8-20-15-21/h2,4-5,8,11-12,15,24H,3,6-7,9-10,13-14H2,1H3/t19-/m0/s1. The number of hydrogen-bond donors (Lipinski definition) is 1. The second-order valence-electron chi connectivity index (χ2n) is 6.80. The minimum Gasteiger partial charge on any atom is -0.491 e. The number of β-amino-alcohol motifs (C(OH)–C–C–N with tert-alkyl or cyclic N) is 1. The molecule has 134 valence electrons. The molecule has 1 fully saturated rings. The molecule has 1 aliphatic heterocycles. The van der Waals surface area contributed by atoms with Crippen LogP contribution in [0.2, 0.25) is 0 Å². The highest BCUT2D eigenvalue weighted by molar-refractivity contribution is 5.76. The molecule has 2 heterocycles. The number of carbonyl (C=O) groups is 1. The van der Waals surface area contributed by atoms with E-state index in [1.807, 2.05) is 42.0 Å². The lowest BCUT2D eigenvalue weighted by Crippen LogP contribution is -2.40. The van der Waals surface area contributed by atoms with Gasteiger partial charge in [0.25, 0.3) is 0 Å². The Bertz CT molecular complexity index is 702. The number of nitrogens with zero attached hydrogens (tertiary/aromatic N) is 3. The molecule has 0 radical (unpaired) electrons. The van der Waals surface area contributed by atoms with E-state index < -0.39 is 5.60 Å². The van der Waals surface area contributed by atoms with Crippen LogP contribution >= 0.6 is 0 Å². The lowest BCUT2D eigenvalue weighted by atomic mass is 10.1. The average Bonchev–Trinajstić information content (AvgIpc) is 3.23. The van der Waals surface area contributed by atoms with Crippen molar-refractivity contribution in [3.05, 3.63) is 48.5 Å². The summed E-state index contributed by atoms with van der Waals surface area (Å²) < 4.78 is 7.70. The maximum Gasteiger partial charge on any atom is 0.222 e. The van der Waals surface area contributed by atoms with E-state index in [9.17, 15) is 9.90 Å². The fraction of sp³-hybridized carbons (Fsp3) is 0.474. The van der Waals surface area contributed by atoms with Gasteiger partial charge in [0.2, 0.25) is 5.91 Å². The second kappa shape index (κ2) is 7.70. The normalized spacial score (nSPS) is 20.0. The van der Waals surface area contributed by atoms with Gasteiger partial charge in [0.15, 0.2) is 0 Å². The summed E-state index contributed by atoms with van der Waals surface area (Å²) >= 11 is 0. The van der Waals surface area contributed by atoms with E-state index in [1.54, 1.807) is 17.4 Å². The number of aryl methyl sites for hydroxylation is 2. The Kier molecular flexibility index (Phi) is 5.38. The van der Waals surface area contributed by atoms with Crippen LogP contribution in [-0.2, 0) is 11.3 Å². The van der Waals surface area contributed by atoms with Gasteiger partial charge in [-0.2, -0.15) is 0 Å². The molecule has 2 aromatic rings.